The van der Waals surface area contributed by atoms with Gasteiger partial charge in [-0.05, 0) is 41.6 Å². The molecule has 2 N–H and O–H groups in total. The Kier molecular flexibility index (Phi) is 7.55. The number of nitro groups is 1. The highest BCUT2D eigenvalue weighted by Crippen LogP contribution is 2.31. The summed E-state index contributed by atoms with van der Waals surface area (Å²) in [6.07, 6.45) is 1.57. The zero-order valence-electron chi connectivity index (χ0n) is 16.7. The van der Waals surface area contributed by atoms with E-state index in [0.29, 0.717) is 11.3 Å². The average Bonchev–Trinajstić information content (AvgIpc) is 3.03. The summed E-state index contributed by atoms with van der Waals surface area (Å²) in [7, 11) is 0. The van der Waals surface area contributed by atoms with Gasteiger partial charge in [0.05, 0.1) is 9.83 Å². The van der Waals surface area contributed by atoms with Crippen LogP contribution in [0.25, 0.3) is 6.08 Å². The minimum Gasteiger partial charge on any atom is -0.379 e. The second-order valence-corrected chi connectivity index (χ2v) is 7.68. The van der Waals surface area contributed by atoms with E-state index in [2.05, 4.69) is 10.6 Å². The Morgan fingerprint density at radius 2 is 1.84 bits per heavy atom. The Bertz CT molecular complexity index is 1070. The molecule has 11 heteroatoms. The van der Waals surface area contributed by atoms with Gasteiger partial charge in [0.25, 0.3) is 16.8 Å². The van der Waals surface area contributed by atoms with Crippen molar-refractivity contribution >= 4 is 46.3 Å². The molecule has 1 heterocycles. The van der Waals surface area contributed by atoms with Crippen molar-refractivity contribution in [2.75, 3.05) is 25.0 Å². The second kappa shape index (κ2) is 10.5. The average molecular weight is 458 g/mol. The lowest BCUT2D eigenvalue weighted by molar-refractivity contribution is -0.384. The molecule has 1 saturated heterocycles. The number of para-hydroxylation sites is 2. The Balaban J connectivity index is 1.44. The highest BCUT2D eigenvalue weighted by molar-refractivity contribution is 8.18. The normalized spacial score (nSPS) is 14.7. The van der Waals surface area contributed by atoms with Crippen LogP contribution in [-0.2, 0) is 9.59 Å². The number of hydrogen-bond acceptors (Lipinski definition) is 7. The predicted molar refractivity (Wildman–Crippen MR) is 118 cm³/mol. The van der Waals surface area contributed by atoms with Gasteiger partial charge in [-0.2, -0.15) is 0 Å². The van der Waals surface area contributed by atoms with Crippen molar-refractivity contribution in [2.24, 2.45) is 0 Å². The minimum atomic E-state index is -0.511. The van der Waals surface area contributed by atoms with Crippen LogP contribution in [0.5, 0.6) is 0 Å². The molecule has 1 fully saturated rings. The van der Waals surface area contributed by atoms with Gasteiger partial charge in [0.15, 0.2) is 0 Å². The molecule has 166 valence electrons. The number of anilines is 1. The largest absolute Gasteiger partial charge is 0.379 e. The number of benzene rings is 2. The van der Waals surface area contributed by atoms with Gasteiger partial charge in [-0.1, -0.05) is 24.3 Å². The molecule has 0 atom stereocenters. The van der Waals surface area contributed by atoms with Gasteiger partial charge in [-0.25, -0.2) is 4.39 Å². The van der Waals surface area contributed by atoms with Crippen molar-refractivity contribution in [1.82, 2.24) is 10.2 Å². The lowest BCUT2D eigenvalue weighted by Crippen LogP contribution is -2.37. The van der Waals surface area contributed by atoms with E-state index < -0.39 is 21.9 Å². The lowest BCUT2D eigenvalue weighted by atomic mass is 10.2. The molecular formula is C21H19FN4O5S. The molecular weight excluding hydrogens is 439 g/mol. The van der Waals surface area contributed by atoms with Gasteiger partial charge in [-0.15, -0.1) is 0 Å². The van der Waals surface area contributed by atoms with Gasteiger partial charge in [0, 0.05) is 32.1 Å². The maximum atomic E-state index is 13.0. The summed E-state index contributed by atoms with van der Waals surface area (Å²) in [5, 5.41) is 16.0. The summed E-state index contributed by atoms with van der Waals surface area (Å²) in [5.41, 5.74) is 0.827. The van der Waals surface area contributed by atoms with E-state index in [1.54, 1.807) is 18.2 Å². The van der Waals surface area contributed by atoms with E-state index >= 15 is 0 Å². The first kappa shape index (κ1) is 22.9. The van der Waals surface area contributed by atoms with Crippen LogP contribution in [0.4, 0.5) is 20.6 Å². The number of nitro benzene ring substituents is 1. The monoisotopic (exact) mass is 458 g/mol. The quantitative estimate of drug-likeness (QED) is 0.336. The van der Waals surface area contributed by atoms with Gasteiger partial charge in [0.2, 0.25) is 5.91 Å². The number of nitrogens with zero attached hydrogens (tertiary/aromatic N) is 2. The predicted octanol–water partition coefficient (Wildman–Crippen LogP) is 3.39. The van der Waals surface area contributed by atoms with Gasteiger partial charge >= 0.3 is 0 Å². The van der Waals surface area contributed by atoms with Gasteiger partial charge < -0.3 is 10.6 Å². The van der Waals surface area contributed by atoms with E-state index in [1.165, 1.54) is 36.4 Å². The van der Waals surface area contributed by atoms with Crippen LogP contribution in [-0.4, -0.2) is 46.5 Å². The first-order chi connectivity index (χ1) is 15.3. The van der Waals surface area contributed by atoms with E-state index in [1.807, 2.05) is 0 Å². The molecule has 0 unspecified atom stereocenters. The molecule has 3 rings (SSSR count). The molecule has 0 saturated carbocycles. The maximum absolute atomic E-state index is 13.0. The van der Waals surface area contributed by atoms with E-state index in [4.69, 9.17) is 0 Å². The van der Waals surface area contributed by atoms with E-state index in [-0.39, 0.29) is 42.6 Å². The number of imide groups is 1. The molecule has 0 spiro atoms. The van der Waals surface area contributed by atoms with Crippen LogP contribution in [0.2, 0.25) is 0 Å². The number of amides is 3. The van der Waals surface area contributed by atoms with Crippen molar-refractivity contribution in [3.63, 3.8) is 0 Å². The van der Waals surface area contributed by atoms with Crippen molar-refractivity contribution in [1.29, 1.82) is 0 Å². The minimum absolute atomic E-state index is 0.00868. The first-order valence-electron chi connectivity index (χ1n) is 9.60. The first-order valence-corrected chi connectivity index (χ1v) is 10.4. The van der Waals surface area contributed by atoms with Crippen LogP contribution in [0.3, 0.4) is 0 Å². The number of nitrogens with one attached hydrogen (secondary N) is 2. The smallest absolute Gasteiger partial charge is 0.293 e. The van der Waals surface area contributed by atoms with Crippen LogP contribution in [0, 0.1) is 15.9 Å². The van der Waals surface area contributed by atoms with Crippen molar-refractivity contribution in [3.8, 4) is 0 Å². The third-order valence-electron chi connectivity index (χ3n) is 4.47. The van der Waals surface area contributed by atoms with Gasteiger partial charge in [0.1, 0.15) is 11.5 Å². The summed E-state index contributed by atoms with van der Waals surface area (Å²) in [6, 6.07) is 11.6. The molecule has 1 aliphatic heterocycles. The number of halogens is 1. The highest BCUT2D eigenvalue weighted by Gasteiger charge is 2.34. The molecule has 0 aliphatic carbocycles. The third kappa shape index (κ3) is 5.91. The standard InChI is InChI=1S/C21H19FN4O5S/c22-15-7-5-14(6-8-15)13-18-20(28)25(21(29)32-18)12-11-24-19(27)9-10-23-16-3-1-2-4-17(16)26(30)31/h1-8,13,23H,9-12H2,(H,24,27)/b18-13-. The number of thioether (sulfide) groups is 1. The fraction of sp³-hybridized carbons (Fsp3) is 0.190. The highest BCUT2D eigenvalue weighted by atomic mass is 32.2. The van der Waals surface area contributed by atoms with Crippen LogP contribution >= 0.6 is 11.8 Å². The number of carbonyl (C=O) groups is 3. The molecule has 0 bridgehead atoms. The Hall–Kier alpha value is -3.73. The van der Waals surface area contributed by atoms with E-state index in [0.717, 1.165) is 16.7 Å². The molecule has 2 aromatic carbocycles. The molecule has 32 heavy (non-hydrogen) atoms. The Labute approximate surface area is 186 Å². The SMILES string of the molecule is O=C(CCNc1ccccc1[N+](=O)[O-])NCCN1C(=O)S/C(=C\c2ccc(F)cc2)C1=O. The van der Waals surface area contributed by atoms with Crippen LogP contribution in [0.15, 0.2) is 53.4 Å². The zero-order valence-corrected chi connectivity index (χ0v) is 17.6. The summed E-state index contributed by atoms with van der Waals surface area (Å²) in [6.45, 7) is 0.263. The second-order valence-electron chi connectivity index (χ2n) is 6.69. The number of hydrogen-bond donors (Lipinski definition) is 2. The van der Waals surface area contributed by atoms with Crippen molar-refractivity contribution in [2.45, 2.75) is 6.42 Å². The summed E-state index contributed by atoms with van der Waals surface area (Å²) in [4.78, 5) is 48.3. The topological polar surface area (TPSA) is 122 Å². The number of rotatable bonds is 9. The third-order valence-corrected chi connectivity index (χ3v) is 5.37. The van der Waals surface area contributed by atoms with Crippen LogP contribution in [0.1, 0.15) is 12.0 Å². The maximum Gasteiger partial charge on any atom is 0.293 e. The molecule has 9 nitrogen and oxygen atoms in total. The molecule has 2 aromatic rings. The molecule has 1 aliphatic rings. The molecule has 3 amide bonds. The van der Waals surface area contributed by atoms with Crippen molar-refractivity contribution < 1.29 is 23.7 Å². The molecule has 0 aromatic heterocycles. The lowest BCUT2D eigenvalue weighted by Gasteiger charge is -2.13. The summed E-state index contributed by atoms with van der Waals surface area (Å²) in [5.74, 6) is -1.20. The number of carbonyl (C=O) groups excluding carboxylic acids is 3. The van der Waals surface area contributed by atoms with Crippen LogP contribution < -0.4 is 10.6 Å². The zero-order chi connectivity index (χ0) is 23.1. The van der Waals surface area contributed by atoms with Crippen molar-refractivity contribution in [3.05, 3.63) is 74.9 Å². The summed E-state index contributed by atoms with van der Waals surface area (Å²) >= 11 is 0.782. The van der Waals surface area contributed by atoms with Gasteiger partial charge in [-0.3, -0.25) is 29.4 Å². The summed E-state index contributed by atoms with van der Waals surface area (Å²) < 4.78 is 13.0. The Morgan fingerprint density at radius 3 is 2.56 bits per heavy atom. The molecule has 0 radical (unpaired) electrons. The fourth-order valence-corrected chi connectivity index (χ4v) is 3.76. The van der Waals surface area contributed by atoms with E-state index in [9.17, 15) is 28.9 Å². The fourth-order valence-electron chi connectivity index (χ4n) is 2.89. The Morgan fingerprint density at radius 1 is 1.12 bits per heavy atom.